The van der Waals surface area contributed by atoms with Crippen molar-refractivity contribution < 1.29 is 4.74 Å². The number of hydrogen-bond donors (Lipinski definition) is 1. The lowest BCUT2D eigenvalue weighted by Gasteiger charge is -2.22. The van der Waals surface area contributed by atoms with Gasteiger partial charge in [0.25, 0.3) is 0 Å². The van der Waals surface area contributed by atoms with Gasteiger partial charge in [0.2, 0.25) is 0 Å². The van der Waals surface area contributed by atoms with Crippen LogP contribution in [0.25, 0.3) is 0 Å². The molecule has 0 radical (unpaired) electrons. The maximum atomic E-state index is 5.32. The summed E-state index contributed by atoms with van der Waals surface area (Å²) in [5.74, 6) is 5.95. The van der Waals surface area contributed by atoms with Crippen LogP contribution < -0.4 is 5.32 Å². The topological polar surface area (TPSA) is 21.3 Å². The molecule has 0 bridgehead atoms. The van der Waals surface area contributed by atoms with Crippen LogP contribution in [0.2, 0.25) is 0 Å². The quantitative estimate of drug-likeness (QED) is 0.628. The molecule has 0 fully saturated rings. The van der Waals surface area contributed by atoms with Crippen LogP contribution in [-0.4, -0.2) is 26.3 Å². The van der Waals surface area contributed by atoms with Gasteiger partial charge in [0.05, 0.1) is 6.10 Å². The van der Waals surface area contributed by atoms with E-state index in [-0.39, 0.29) is 6.10 Å². The third-order valence-corrected chi connectivity index (χ3v) is 2.02. The SMILES string of the molecule is CC#CCC(NC)C(CC)OC. The van der Waals surface area contributed by atoms with Gasteiger partial charge in [0.15, 0.2) is 0 Å². The van der Waals surface area contributed by atoms with Gasteiger partial charge in [-0.05, 0) is 20.4 Å². The van der Waals surface area contributed by atoms with Gasteiger partial charge in [-0.15, -0.1) is 11.8 Å². The summed E-state index contributed by atoms with van der Waals surface area (Å²) in [7, 11) is 3.70. The molecule has 0 rings (SSSR count). The molecule has 2 heteroatoms. The molecule has 0 aliphatic heterocycles. The fourth-order valence-electron chi connectivity index (χ4n) is 1.25. The Morgan fingerprint density at radius 1 is 1.50 bits per heavy atom. The highest BCUT2D eigenvalue weighted by Gasteiger charge is 2.15. The Morgan fingerprint density at radius 2 is 2.17 bits per heavy atom. The van der Waals surface area contributed by atoms with Crippen molar-refractivity contribution in [1.82, 2.24) is 5.32 Å². The Morgan fingerprint density at radius 3 is 2.50 bits per heavy atom. The average molecular weight is 169 g/mol. The number of likely N-dealkylation sites (N-methyl/N-ethyl adjacent to an activating group) is 1. The molecule has 0 aromatic rings. The summed E-state index contributed by atoms with van der Waals surface area (Å²) < 4.78 is 5.32. The number of rotatable bonds is 5. The first kappa shape index (κ1) is 11.5. The van der Waals surface area contributed by atoms with E-state index in [0.717, 1.165) is 12.8 Å². The monoisotopic (exact) mass is 169 g/mol. The van der Waals surface area contributed by atoms with Gasteiger partial charge in [-0.25, -0.2) is 0 Å². The summed E-state index contributed by atoms with van der Waals surface area (Å²) in [4.78, 5) is 0. The Hall–Kier alpha value is -0.520. The van der Waals surface area contributed by atoms with Gasteiger partial charge in [-0.2, -0.15) is 0 Å². The molecule has 0 amide bonds. The first-order valence-electron chi connectivity index (χ1n) is 4.39. The molecule has 70 valence electrons. The third-order valence-electron chi connectivity index (χ3n) is 2.02. The molecule has 0 heterocycles. The molecule has 0 aliphatic carbocycles. The summed E-state index contributed by atoms with van der Waals surface area (Å²) in [5.41, 5.74) is 0. The fourth-order valence-corrected chi connectivity index (χ4v) is 1.25. The summed E-state index contributed by atoms with van der Waals surface area (Å²) >= 11 is 0. The van der Waals surface area contributed by atoms with Crippen LogP contribution in [0.3, 0.4) is 0 Å². The minimum atomic E-state index is 0.274. The lowest BCUT2D eigenvalue weighted by molar-refractivity contribution is 0.0692. The largest absolute Gasteiger partial charge is 0.380 e. The highest BCUT2D eigenvalue weighted by molar-refractivity contribution is 4.99. The van der Waals surface area contributed by atoms with Crippen molar-refractivity contribution in [2.45, 2.75) is 38.8 Å². The van der Waals surface area contributed by atoms with Gasteiger partial charge >= 0.3 is 0 Å². The van der Waals surface area contributed by atoms with E-state index in [4.69, 9.17) is 4.74 Å². The zero-order chi connectivity index (χ0) is 9.40. The molecule has 2 nitrogen and oxygen atoms in total. The van der Waals surface area contributed by atoms with Crippen molar-refractivity contribution in [3.63, 3.8) is 0 Å². The molecule has 1 N–H and O–H groups in total. The molecule has 2 atom stereocenters. The fraction of sp³-hybridized carbons (Fsp3) is 0.800. The number of ether oxygens (including phenoxy) is 1. The smallest absolute Gasteiger partial charge is 0.0730 e. The van der Waals surface area contributed by atoms with Crippen LogP contribution in [0, 0.1) is 11.8 Å². The summed E-state index contributed by atoms with van der Waals surface area (Å²) in [6.07, 6.45) is 2.16. The van der Waals surface area contributed by atoms with E-state index in [1.54, 1.807) is 7.11 Å². The van der Waals surface area contributed by atoms with Crippen LogP contribution >= 0.6 is 0 Å². The van der Waals surface area contributed by atoms with Crippen LogP contribution in [0.4, 0.5) is 0 Å². The second-order valence-electron chi connectivity index (χ2n) is 2.71. The average Bonchev–Trinajstić information content (AvgIpc) is 2.12. The zero-order valence-electron chi connectivity index (χ0n) is 8.48. The standard InChI is InChI=1S/C10H19NO/c1-5-7-8-9(11-3)10(6-2)12-4/h9-11H,6,8H2,1-4H3. The minimum absolute atomic E-state index is 0.274. The lowest BCUT2D eigenvalue weighted by atomic mass is 10.1. The Balaban J connectivity index is 3.98. The van der Waals surface area contributed by atoms with E-state index in [1.165, 1.54) is 0 Å². The first-order chi connectivity index (χ1) is 5.79. The molecule has 0 aliphatic rings. The molecule has 12 heavy (non-hydrogen) atoms. The molecule has 0 saturated heterocycles. The van der Waals surface area contributed by atoms with E-state index < -0.39 is 0 Å². The van der Waals surface area contributed by atoms with E-state index in [2.05, 4.69) is 24.1 Å². The van der Waals surface area contributed by atoms with E-state index in [1.807, 2.05) is 14.0 Å². The van der Waals surface area contributed by atoms with Crippen LogP contribution in [0.15, 0.2) is 0 Å². The van der Waals surface area contributed by atoms with Crippen molar-refractivity contribution in [3.05, 3.63) is 0 Å². The minimum Gasteiger partial charge on any atom is -0.380 e. The van der Waals surface area contributed by atoms with Gasteiger partial charge in [0, 0.05) is 19.6 Å². The van der Waals surface area contributed by atoms with Crippen molar-refractivity contribution in [2.24, 2.45) is 0 Å². The zero-order valence-corrected chi connectivity index (χ0v) is 8.48. The predicted octanol–water partition coefficient (Wildman–Crippen LogP) is 1.41. The molecule has 2 unspecified atom stereocenters. The van der Waals surface area contributed by atoms with Crippen molar-refractivity contribution in [2.75, 3.05) is 14.2 Å². The highest BCUT2D eigenvalue weighted by Crippen LogP contribution is 2.05. The van der Waals surface area contributed by atoms with Crippen LogP contribution in [-0.2, 0) is 4.74 Å². The van der Waals surface area contributed by atoms with Gasteiger partial charge < -0.3 is 10.1 Å². The van der Waals surface area contributed by atoms with E-state index in [0.29, 0.717) is 6.04 Å². The van der Waals surface area contributed by atoms with Gasteiger partial charge in [-0.3, -0.25) is 0 Å². The van der Waals surface area contributed by atoms with Crippen LogP contribution in [0.5, 0.6) is 0 Å². The Bertz CT molecular complexity index is 153. The molecule has 0 saturated carbocycles. The second-order valence-corrected chi connectivity index (χ2v) is 2.71. The summed E-state index contributed by atoms with van der Waals surface area (Å²) in [6, 6.07) is 0.354. The molecule has 0 aromatic heterocycles. The number of nitrogens with one attached hydrogen (secondary N) is 1. The number of methoxy groups -OCH3 is 1. The molecular weight excluding hydrogens is 150 g/mol. The highest BCUT2D eigenvalue weighted by atomic mass is 16.5. The summed E-state index contributed by atoms with van der Waals surface area (Å²) in [5, 5.41) is 3.21. The van der Waals surface area contributed by atoms with Crippen LogP contribution in [0.1, 0.15) is 26.7 Å². The third kappa shape index (κ3) is 3.75. The van der Waals surface area contributed by atoms with Gasteiger partial charge in [0.1, 0.15) is 0 Å². The molecule has 0 spiro atoms. The number of hydrogen-bond acceptors (Lipinski definition) is 2. The Labute approximate surface area is 75.7 Å². The van der Waals surface area contributed by atoms with Crippen molar-refractivity contribution in [3.8, 4) is 11.8 Å². The normalized spacial score (nSPS) is 14.7. The van der Waals surface area contributed by atoms with Gasteiger partial charge in [-0.1, -0.05) is 6.92 Å². The lowest BCUT2D eigenvalue weighted by Crippen LogP contribution is -2.38. The Kier molecular flexibility index (Phi) is 6.84. The second kappa shape index (κ2) is 7.15. The first-order valence-corrected chi connectivity index (χ1v) is 4.39. The maximum absolute atomic E-state index is 5.32. The van der Waals surface area contributed by atoms with Crippen molar-refractivity contribution in [1.29, 1.82) is 0 Å². The predicted molar refractivity (Wildman–Crippen MR) is 52.0 cm³/mol. The molecule has 0 aromatic carbocycles. The van der Waals surface area contributed by atoms with E-state index >= 15 is 0 Å². The van der Waals surface area contributed by atoms with E-state index in [9.17, 15) is 0 Å². The molecular formula is C10H19NO. The maximum Gasteiger partial charge on any atom is 0.0730 e. The summed E-state index contributed by atoms with van der Waals surface area (Å²) in [6.45, 7) is 3.98. The van der Waals surface area contributed by atoms with Crippen molar-refractivity contribution >= 4 is 0 Å².